The van der Waals surface area contributed by atoms with Gasteiger partial charge in [-0.2, -0.15) is 0 Å². The van der Waals surface area contributed by atoms with Crippen molar-refractivity contribution in [3.63, 3.8) is 0 Å². The van der Waals surface area contributed by atoms with Gasteiger partial charge in [0, 0.05) is 53.0 Å². The number of piperazine rings is 1. The molecule has 1 aliphatic rings. The Hall–Kier alpha value is -1.24. The van der Waals surface area contributed by atoms with E-state index in [0.717, 1.165) is 63.0 Å². The number of benzene rings is 1. The second kappa shape index (κ2) is 9.02. The summed E-state index contributed by atoms with van der Waals surface area (Å²) >= 11 is 5.42. The summed E-state index contributed by atoms with van der Waals surface area (Å²) in [6.45, 7) is 6.26. The number of hydrogen-bond acceptors (Lipinski definition) is 3. The summed E-state index contributed by atoms with van der Waals surface area (Å²) in [4.78, 5) is 4.58. The van der Waals surface area contributed by atoms with Gasteiger partial charge in [0.2, 0.25) is 0 Å². The predicted molar refractivity (Wildman–Crippen MR) is 90.3 cm³/mol. The van der Waals surface area contributed by atoms with Gasteiger partial charge in [-0.05, 0) is 36.3 Å². The van der Waals surface area contributed by atoms with Gasteiger partial charge in [-0.15, -0.1) is 0 Å². The van der Waals surface area contributed by atoms with Gasteiger partial charge in [0.1, 0.15) is 5.82 Å². The van der Waals surface area contributed by atoms with Crippen molar-refractivity contribution in [2.45, 2.75) is 13.0 Å². The maximum atomic E-state index is 12.9. The Labute approximate surface area is 137 Å². The monoisotopic (exact) mass is 325 g/mol. The van der Waals surface area contributed by atoms with E-state index < -0.39 is 0 Å². The number of nitrogens with zero attached hydrogens (tertiary/aromatic N) is 2. The first-order valence-electron chi connectivity index (χ1n) is 7.67. The molecule has 22 heavy (non-hydrogen) atoms. The van der Waals surface area contributed by atoms with E-state index in [1.807, 2.05) is 12.1 Å². The fraction of sp³-hybridized carbons (Fsp3) is 0.562. The second-order valence-electron chi connectivity index (χ2n) is 5.47. The van der Waals surface area contributed by atoms with Crippen LogP contribution >= 0.6 is 12.2 Å². The Balaban J connectivity index is 1.68. The smallest absolute Gasteiger partial charge is 0.169 e. The van der Waals surface area contributed by atoms with Crippen molar-refractivity contribution >= 4 is 17.3 Å². The first-order chi connectivity index (χ1) is 10.7. The third kappa shape index (κ3) is 5.51. The van der Waals surface area contributed by atoms with Gasteiger partial charge in [0.15, 0.2) is 5.11 Å². The van der Waals surface area contributed by atoms with E-state index in [9.17, 15) is 4.39 Å². The first kappa shape index (κ1) is 17.1. The molecule has 0 atom stereocenters. The van der Waals surface area contributed by atoms with Gasteiger partial charge in [-0.1, -0.05) is 12.1 Å². The second-order valence-corrected chi connectivity index (χ2v) is 5.85. The van der Waals surface area contributed by atoms with Crippen LogP contribution < -0.4 is 5.32 Å². The molecule has 1 N–H and O–H groups in total. The maximum absolute atomic E-state index is 12.9. The van der Waals surface area contributed by atoms with Gasteiger partial charge in [-0.3, -0.25) is 4.90 Å². The molecule has 1 saturated heterocycles. The minimum atomic E-state index is -0.182. The van der Waals surface area contributed by atoms with Gasteiger partial charge < -0.3 is 15.0 Å². The summed E-state index contributed by atoms with van der Waals surface area (Å²) in [6.07, 6.45) is 0.959. The molecule has 0 unspecified atom stereocenters. The van der Waals surface area contributed by atoms with Crippen molar-refractivity contribution in [1.82, 2.24) is 15.1 Å². The van der Waals surface area contributed by atoms with Crippen LogP contribution in [-0.4, -0.2) is 61.4 Å². The summed E-state index contributed by atoms with van der Waals surface area (Å²) in [5, 5.41) is 4.11. The summed E-state index contributed by atoms with van der Waals surface area (Å²) in [6, 6.07) is 6.74. The molecule has 0 aliphatic carbocycles. The van der Waals surface area contributed by atoms with Crippen molar-refractivity contribution in [3.05, 3.63) is 35.6 Å². The molecule has 0 radical (unpaired) electrons. The topological polar surface area (TPSA) is 27.7 Å². The van der Waals surface area contributed by atoms with Crippen molar-refractivity contribution < 1.29 is 9.13 Å². The van der Waals surface area contributed by atoms with E-state index in [0.29, 0.717) is 0 Å². The van der Waals surface area contributed by atoms with E-state index in [4.69, 9.17) is 17.0 Å². The number of ether oxygens (including phenoxy) is 1. The zero-order valence-electron chi connectivity index (χ0n) is 13.1. The average molecular weight is 325 g/mol. The average Bonchev–Trinajstić information content (AvgIpc) is 2.54. The lowest BCUT2D eigenvalue weighted by molar-refractivity contribution is 0.173. The fourth-order valence-electron chi connectivity index (χ4n) is 2.48. The van der Waals surface area contributed by atoms with Gasteiger partial charge in [0.25, 0.3) is 0 Å². The number of halogens is 1. The quantitative estimate of drug-likeness (QED) is 0.637. The summed E-state index contributed by atoms with van der Waals surface area (Å²) in [5.74, 6) is -0.182. The zero-order chi connectivity index (χ0) is 15.8. The van der Waals surface area contributed by atoms with E-state index >= 15 is 0 Å². The first-order valence-corrected chi connectivity index (χ1v) is 8.08. The number of methoxy groups -OCH3 is 1. The number of hydrogen-bond donors (Lipinski definition) is 1. The van der Waals surface area contributed by atoms with Gasteiger partial charge in [0.05, 0.1) is 0 Å². The van der Waals surface area contributed by atoms with Crippen LogP contribution in [0.25, 0.3) is 0 Å². The van der Waals surface area contributed by atoms with Crippen molar-refractivity contribution in [1.29, 1.82) is 0 Å². The molecular formula is C16H24FN3OS. The van der Waals surface area contributed by atoms with E-state index in [1.54, 1.807) is 7.11 Å². The summed E-state index contributed by atoms with van der Waals surface area (Å²) in [5.41, 5.74) is 1.15. The van der Waals surface area contributed by atoms with Crippen LogP contribution in [-0.2, 0) is 11.3 Å². The third-order valence-corrected chi connectivity index (χ3v) is 4.18. The minimum Gasteiger partial charge on any atom is -0.385 e. The summed E-state index contributed by atoms with van der Waals surface area (Å²) < 4.78 is 17.9. The Kier molecular flexibility index (Phi) is 7.02. The maximum Gasteiger partial charge on any atom is 0.169 e. The number of rotatable bonds is 6. The van der Waals surface area contributed by atoms with Crippen molar-refractivity contribution in [2.75, 3.05) is 46.4 Å². The fourth-order valence-corrected chi connectivity index (χ4v) is 2.77. The highest BCUT2D eigenvalue weighted by Crippen LogP contribution is 2.09. The molecule has 6 heteroatoms. The Morgan fingerprint density at radius 2 is 1.91 bits per heavy atom. The lowest BCUT2D eigenvalue weighted by atomic mass is 10.2. The Bertz CT molecular complexity index is 461. The Morgan fingerprint density at radius 3 is 2.55 bits per heavy atom. The molecule has 4 nitrogen and oxygen atoms in total. The van der Waals surface area contributed by atoms with Gasteiger partial charge >= 0.3 is 0 Å². The standard InChI is InChI=1S/C16H24FN3OS/c1-21-12-2-7-18-16(22)20-10-8-19(9-11-20)13-14-3-5-15(17)6-4-14/h3-6H,2,7-13H2,1H3,(H,18,22). The van der Waals surface area contributed by atoms with Crippen LogP contribution in [0.5, 0.6) is 0 Å². The van der Waals surface area contributed by atoms with E-state index in [2.05, 4.69) is 15.1 Å². The lowest BCUT2D eigenvalue weighted by Crippen LogP contribution is -2.51. The highest BCUT2D eigenvalue weighted by atomic mass is 32.1. The third-order valence-electron chi connectivity index (χ3n) is 3.78. The molecule has 122 valence electrons. The molecule has 0 amide bonds. The molecule has 1 aromatic rings. The van der Waals surface area contributed by atoms with Crippen LogP contribution in [0.3, 0.4) is 0 Å². The molecule has 0 saturated carbocycles. The van der Waals surface area contributed by atoms with Crippen LogP contribution in [0.4, 0.5) is 4.39 Å². The molecule has 0 bridgehead atoms. The van der Waals surface area contributed by atoms with E-state index in [-0.39, 0.29) is 5.82 Å². The normalized spacial score (nSPS) is 15.8. The minimum absolute atomic E-state index is 0.182. The summed E-state index contributed by atoms with van der Waals surface area (Å²) in [7, 11) is 1.71. The molecule has 1 aliphatic heterocycles. The highest BCUT2D eigenvalue weighted by molar-refractivity contribution is 7.80. The molecule has 0 spiro atoms. The lowest BCUT2D eigenvalue weighted by Gasteiger charge is -2.36. The Morgan fingerprint density at radius 1 is 1.23 bits per heavy atom. The number of thiocarbonyl (C=S) groups is 1. The molecule has 1 fully saturated rings. The van der Waals surface area contributed by atoms with Crippen LogP contribution in [0.15, 0.2) is 24.3 Å². The molecular weight excluding hydrogens is 301 g/mol. The molecule has 1 heterocycles. The molecule has 1 aromatic carbocycles. The highest BCUT2D eigenvalue weighted by Gasteiger charge is 2.18. The molecule has 2 rings (SSSR count). The SMILES string of the molecule is COCCCNC(=S)N1CCN(Cc2ccc(F)cc2)CC1. The van der Waals surface area contributed by atoms with Crippen LogP contribution in [0, 0.1) is 5.82 Å². The predicted octanol–water partition coefficient (Wildman–Crippen LogP) is 1.85. The largest absolute Gasteiger partial charge is 0.385 e. The number of nitrogens with one attached hydrogen (secondary N) is 1. The van der Waals surface area contributed by atoms with Crippen molar-refractivity contribution in [2.24, 2.45) is 0 Å². The zero-order valence-corrected chi connectivity index (χ0v) is 13.9. The van der Waals surface area contributed by atoms with Crippen LogP contribution in [0.1, 0.15) is 12.0 Å². The van der Waals surface area contributed by atoms with Crippen molar-refractivity contribution in [3.8, 4) is 0 Å². The molecule has 0 aromatic heterocycles. The van der Waals surface area contributed by atoms with Gasteiger partial charge in [-0.25, -0.2) is 4.39 Å². The van der Waals surface area contributed by atoms with E-state index in [1.165, 1.54) is 12.1 Å². The van der Waals surface area contributed by atoms with Crippen LogP contribution in [0.2, 0.25) is 0 Å².